The summed E-state index contributed by atoms with van der Waals surface area (Å²) >= 11 is 0. The van der Waals surface area contributed by atoms with E-state index in [1.54, 1.807) is 0 Å². The maximum atomic E-state index is 11.4. The molecule has 2 heterocycles. The first kappa shape index (κ1) is 10.6. The number of hydrogen-bond acceptors (Lipinski definition) is 4. The highest BCUT2D eigenvalue weighted by molar-refractivity contribution is 6.30. The van der Waals surface area contributed by atoms with Gasteiger partial charge in [-0.2, -0.15) is 0 Å². The van der Waals surface area contributed by atoms with Crippen LogP contribution in [0, 0.1) is 0 Å². The molecule has 0 saturated carbocycles. The molecule has 2 aromatic rings. The summed E-state index contributed by atoms with van der Waals surface area (Å²) in [6, 6.07) is 7.96. The van der Waals surface area contributed by atoms with E-state index in [0.717, 1.165) is 28.6 Å². The van der Waals surface area contributed by atoms with Crippen LogP contribution in [0.3, 0.4) is 0 Å². The topological polar surface area (TPSA) is 68.4 Å². The number of H-pyrrole nitrogens is 1. The fraction of sp³-hybridized carbons (Fsp3) is 0.286. The van der Waals surface area contributed by atoms with Crippen molar-refractivity contribution in [3.05, 3.63) is 35.5 Å². The number of para-hydroxylation sites is 1. The van der Waals surface area contributed by atoms with Gasteiger partial charge in [-0.3, -0.25) is 0 Å². The second-order valence-electron chi connectivity index (χ2n) is 4.87. The lowest BCUT2D eigenvalue weighted by Gasteiger charge is -2.33. The van der Waals surface area contributed by atoms with Gasteiger partial charge in [0.15, 0.2) is 6.10 Å². The highest BCUT2D eigenvalue weighted by Crippen LogP contribution is 2.39. The molecule has 2 atom stereocenters. The number of carbonyl (C=O) groups is 2. The molecule has 19 heavy (non-hydrogen) atoms. The normalized spacial score (nSPS) is 25.5. The number of fused-ring (bicyclic) bond motifs is 5. The van der Waals surface area contributed by atoms with E-state index in [0.29, 0.717) is 6.42 Å². The van der Waals surface area contributed by atoms with E-state index in [2.05, 4.69) is 4.98 Å². The van der Waals surface area contributed by atoms with Gasteiger partial charge in [-0.15, -0.1) is 0 Å². The third kappa shape index (κ3) is 1.41. The molecular formula is C14H11NO4. The molecule has 5 heteroatoms. The van der Waals surface area contributed by atoms with Crippen LogP contribution in [0.4, 0.5) is 0 Å². The molecule has 2 unspecified atom stereocenters. The Bertz CT molecular complexity index is 703. The van der Waals surface area contributed by atoms with Gasteiger partial charge in [0.1, 0.15) is 6.10 Å². The van der Waals surface area contributed by atoms with Crippen LogP contribution in [-0.2, 0) is 25.5 Å². The number of nitrogens with one attached hydrogen (secondary N) is 1. The van der Waals surface area contributed by atoms with Crippen LogP contribution >= 0.6 is 0 Å². The number of ether oxygens (including phenoxy) is 2. The zero-order chi connectivity index (χ0) is 13.0. The Morgan fingerprint density at radius 3 is 2.79 bits per heavy atom. The van der Waals surface area contributed by atoms with E-state index < -0.39 is 18.0 Å². The van der Waals surface area contributed by atoms with E-state index in [4.69, 9.17) is 9.47 Å². The monoisotopic (exact) mass is 257 g/mol. The second kappa shape index (κ2) is 3.60. The van der Waals surface area contributed by atoms with E-state index in [1.165, 1.54) is 0 Å². The van der Waals surface area contributed by atoms with Crippen molar-refractivity contribution in [1.82, 2.24) is 4.98 Å². The highest BCUT2D eigenvalue weighted by atomic mass is 16.6. The fourth-order valence-corrected chi connectivity index (χ4v) is 2.96. The van der Waals surface area contributed by atoms with Gasteiger partial charge in [-0.25, -0.2) is 9.59 Å². The van der Waals surface area contributed by atoms with E-state index in [9.17, 15) is 9.59 Å². The molecule has 1 aliphatic heterocycles. The number of benzene rings is 1. The minimum Gasteiger partial charge on any atom is -0.450 e. The van der Waals surface area contributed by atoms with Crippen molar-refractivity contribution < 1.29 is 19.1 Å². The van der Waals surface area contributed by atoms with Gasteiger partial charge in [0, 0.05) is 10.9 Å². The maximum Gasteiger partial charge on any atom is 0.418 e. The minimum atomic E-state index is -0.909. The minimum absolute atomic E-state index is 0.370. The molecule has 0 bridgehead atoms. The average molecular weight is 257 g/mol. The third-order valence-electron chi connectivity index (χ3n) is 3.81. The molecule has 1 fully saturated rings. The zero-order valence-corrected chi connectivity index (χ0v) is 10.0. The van der Waals surface area contributed by atoms with Crippen molar-refractivity contribution in [3.8, 4) is 0 Å². The first-order chi connectivity index (χ1) is 9.24. The Morgan fingerprint density at radius 1 is 1.11 bits per heavy atom. The Morgan fingerprint density at radius 2 is 1.89 bits per heavy atom. The third-order valence-corrected chi connectivity index (χ3v) is 3.81. The van der Waals surface area contributed by atoms with Gasteiger partial charge >= 0.3 is 11.9 Å². The lowest BCUT2D eigenvalue weighted by atomic mass is 9.90. The average Bonchev–Trinajstić information content (AvgIpc) is 2.79. The Labute approximate surface area is 108 Å². The van der Waals surface area contributed by atoms with Crippen LogP contribution in [-0.4, -0.2) is 23.0 Å². The second-order valence-corrected chi connectivity index (χ2v) is 4.87. The number of hydrogen-bond donors (Lipinski definition) is 1. The van der Waals surface area contributed by atoms with Gasteiger partial charge in [-0.05, 0) is 24.5 Å². The summed E-state index contributed by atoms with van der Waals surface area (Å²) in [5.74, 6) is -1.80. The molecule has 0 radical (unpaired) electrons. The lowest BCUT2D eigenvalue weighted by molar-refractivity contribution is -0.197. The molecule has 1 aromatic carbocycles. The van der Waals surface area contributed by atoms with Crippen molar-refractivity contribution >= 4 is 22.8 Å². The van der Waals surface area contributed by atoms with Crippen LogP contribution in [0.1, 0.15) is 23.8 Å². The molecule has 1 aromatic heterocycles. The number of rotatable bonds is 0. The summed E-state index contributed by atoms with van der Waals surface area (Å²) in [5, 5.41) is 1.14. The van der Waals surface area contributed by atoms with Gasteiger partial charge in [0.2, 0.25) is 0 Å². The van der Waals surface area contributed by atoms with Crippen molar-refractivity contribution in [1.29, 1.82) is 0 Å². The smallest absolute Gasteiger partial charge is 0.418 e. The predicted octanol–water partition coefficient (Wildman–Crippen LogP) is 1.62. The summed E-state index contributed by atoms with van der Waals surface area (Å²) in [6.07, 6.45) is 0.622. The molecule has 1 N–H and O–H groups in total. The largest absolute Gasteiger partial charge is 0.450 e. The summed E-state index contributed by atoms with van der Waals surface area (Å²) < 4.78 is 10.3. The lowest BCUT2D eigenvalue weighted by Crippen LogP contribution is -2.41. The van der Waals surface area contributed by atoms with Crippen molar-refractivity contribution in [2.75, 3.05) is 0 Å². The van der Waals surface area contributed by atoms with Crippen LogP contribution in [0.2, 0.25) is 0 Å². The quantitative estimate of drug-likeness (QED) is 0.575. The van der Waals surface area contributed by atoms with Gasteiger partial charge < -0.3 is 14.5 Å². The summed E-state index contributed by atoms with van der Waals surface area (Å²) in [5.41, 5.74) is 3.03. The molecular weight excluding hydrogens is 246 g/mol. The number of esters is 2. The fourth-order valence-electron chi connectivity index (χ4n) is 2.96. The van der Waals surface area contributed by atoms with Gasteiger partial charge in [-0.1, -0.05) is 18.2 Å². The SMILES string of the molecule is O=C1OC2CCc3c([nH]c4ccccc34)C2OC1=O. The molecule has 5 nitrogen and oxygen atoms in total. The van der Waals surface area contributed by atoms with E-state index >= 15 is 0 Å². The Hall–Kier alpha value is -2.30. The molecule has 1 saturated heterocycles. The highest BCUT2D eigenvalue weighted by Gasteiger charge is 2.43. The van der Waals surface area contributed by atoms with E-state index in [1.807, 2.05) is 24.3 Å². The molecule has 0 amide bonds. The first-order valence-corrected chi connectivity index (χ1v) is 6.25. The maximum absolute atomic E-state index is 11.4. The van der Waals surface area contributed by atoms with Crippen LogP contribution in [0.5, 0.6) is 0 Å². The van der Waals surface area contributed by atoms with Crippen molar-refractivity contribution in [3.63, 3.8) is 0 Å². The molecule has 0 spiro atoms. The number of aromatic nitrogens is 1. The van der Waals surface area contributed by atoms with Crippen LogP contribution in [0.15, 0.2) is 24.3 Å². The standard InChI is InChI=1S/C14H11NO4/c16-13-14(17)19-12-10(18-13)6-5-8-7-3-1-2-4-9(7)15-11(8)12/h1-4,10,12,15H,5-6H2. The van der Waals surface area contributed by atoms with E-state index in [-0.39, 0.29) is 6.10 Å². The van der Waals surface area contributed by atoms with Crippen LogP contribution < -0.4 is 0 Å². The number of aryl methyl sites for hydroxylation is 1. The first-order valence-electron chi connectivity index (χ1n) is 6.25. The van der Waals surface area contributed by atoms with Crippen molar-refractivity contribution in [2.45, 2.75) is 25.0 Å². The molecule has 4 rings (SSSR count). The molecule has 1 aliphatic carbocycles. The number of carbonyl (C=O) groups excluding carboxylic acids is 2. The zero-order valence-electron chi connectivity index (χ0n) is 10.0. The Balaban J connectivity index is 1.86. The Kier molecular flexibility index (Phi) is 2.01. The molecule has 2 aliphatic rings. The summed E-state index contributed by atoms with van der Waals surface area (Å²) in [4.78, 5) is 25.9. The van der Waals surface area contributed by atoms with Gasteiger partial charge in [0.05, 0.1) is 5.69 Å². The number of aromatic amines is 1. The van der Waals surface area contributed by atoms with Crippen LogP contribution in [0.25, 0.3) is 10.9 Å². The summed E-state index contributed by atoms with van der Waals surface area (Å²) in [6.45, 7) is 0. The van der Waals surface area contributed by atoms with Crippen molar-refractivity contribution in [2.24, 2.45) is 0 Å². The molecule has 96 valence electrons. The summed E-state index contributed by atoms with van der Waals surface area (Å²) in [7, 11) is 0. The van der Waals surface area contributed by atoms with Gasteiger partial charge in [0.25, 0.3) is 0 Å². The predicted molar refractivity (Wildman–Crippen MR) is 65.3 cm³/mol.